The van der Waals surface area contributed by atoms with Crippen LogP contribution < -0.4 is 10.6 Å². The Morgan fingerprint density at radius 2 is 1.97 bits per heavy atom. The number of para-hydroxylation sites is 1. The molecule has 2 aliphatic heterocycles. The van der Waals surface area contributed by atoms with Gasteiger partial charge in [0.15, 0.2) is 0 Å². The van der Waals surface area contributed by atoms with Crippen molar-refractivity contribution in [3.8, 4) is 0 Å². The van der Waals surface area contributed by atoms with Crippen LogP contribution in [0.25, 0.3) is 0 Å². The van der Waals surface area contributed by atoms with E-state index in [4.69, 9.17) is 5.73 Å². The molecule has 2 heterocycles. The van der Waals surface area contributed by atoms with Crippen LogP contribution in [0.5, 0.6) is 0 Å². The molecule has 0 spiro atoms. The highest BCUT2D eigenvalue weighted by Gasteiger charge is 2.36. The predicted octanol–water partition coefficient (Wildman–Crippen LogP) is 4.54. The highest BCUT2D eigenvalue weighted by molar-refractivity contribution is 8.02. The summed E-state index contributed by atoms with van der Waals surface area (Å²) in [6.45, 7) is 8.33. The smallest absolute Gasteiger partial charge is 0.250 e. The number of nitrogens with two attached hydrogens (primary N) is 1. The van der Waals surface area contributed by atoms with Gasteiger partial charge in [-0.25, -0.2) is 0 Å². The Balaban J connectivity index is 2.19. The normalized spacial score (nSPS) is 20.3. The fourth-order valence-corrected chi connectivity index (χ4v) is 4.85. The number of thioether (sulfide) groups is 1. The Hall–Kier alpha value is -2.18. The molecule has 0 radical (unpaired) electrons. The van der Waals surface area contributed by atoms with Crippen LogP contribution in [0.3, 0.4) is 0 Å². The van der Waals surface area contributed by atoms with Gasteiger partial charge in [-0.1, -0.05) is 44.5 Å². The number of hydrogen-bond acceptors (Lipinski definition) is 5. The second-order valence-electron chi connectivity index (χ2n) is 8.77. The first-order valence-corrected chi connectivity index (χ1v) is 12.3. The lowest BCUT2D eigenvalue weighted by molar-refractivity contribution is -0.114. The van der Waals surface area contributed by atoms with Crippen LogP contribution in [0, 0.1) is 12.3 Å². The number of unbranched alkanes of at least 4 members (excludes halogenated alkanes) is 1. The van der Waals surface area contributed by atoms with Crippen LogP contribution in [0.4, 0.5) is 5.69 Å². The summed E-state index contributed by atoms with van der Waals surface area (Å²) in [6, 6.07) is 8.29. The first kappa shape index (κ1) is 23.5. The van der Waals surface area contributed by atoms with Crippen molar-refractivity contribution in [1.82, 2.24) is 4.90 Å². The third-order valence-corrected chi connectivity index (χ3v) is 7.08. The molecule has 1 fully saturated rings. The van der Waals surface area contributed by atoms with Crippen molar-refractivity contribution in [2.45, 2.75) is 46.5 Å². The molecule has 0 atom stereocenters. The van der Waals surface area contributed by atoms with Crippen LogP contribution in [-0.2, 0) is 4.79 Å². The molecular weight excluding hydrogens is 406 g/mol. The van der Waals surface area contributed by atoms with Gasteiger partial charge in [0.05, 0.1) is 17.0 Å². The fraction of sp³-hybridized carbons (Fsp3) is 0.480. The SMILES string of the molecule is CCC/C=C1\C(C(N)=O)=CC(SC)=C(N2CCC(C)(CO)CC2)N1c1ccccc1C. The largest absolute Gasteiger partial charge is 0.396 e. The maximum atomic E-state index is 12.5. The molecule has 6 heteroatoms. The first-order chi connectivity index (χ1) is 14.8. The van der Waals surface area contributed by atoms with Crippen molar-refractivity contribution >= 4 is 23.4 Å². The molecule has 2 aliphatic rings. The van der Waals surface area contributed by atoms with Gasteiger partial charge < -0.3 is 15.7 Å². The van der Waals surface area contributed by atoms with E-state index in [1.807, 2.05) is 24.5 Å². The number of benzene rings is 1. The lowest BCUT2D eigenvalue weighted by Crippen LogP contribution is -2.46. The summed E-state index contributed by atoms with van der Waals surface area (Å²) in [6.07, 6.45) is 9.85. The second kappa shape index (κ2) is 9.96. The van der Waals surface area contributed by atoms with E-state index in [1.165, 1.54) is 0 Å². The minimum atomic E-state index is -0.405. The van der Waals surface area contributed by atoms with Gasteiger partial charge in [0.1, 0.15) is 5.82 Å². The lowest BCUT2D eigenvalue weighted by atomic mass is 9.81. The van der Waals surface area contributed by atoms with Crippen molar-refractivity contribution < 1.29 is 9.90 Å². The van der Waals surface area contributed by atoms with Gasteiger partial charge in [0, 0.05) is 24.6 Å². The quantitative estimate of drug-likeness (QED) is 0.650. The Morgan fingerprint density at radius 3 is 2.52 bits per heavy atom. The van der Waals surface area contributed by atoms with E-state index in [0.717, 1.165) is 66.4 Å². The van der Waals surface area contributed by atoms with E-state index in [2.05, 4.69) is 48.8 Å². The molecule has 3 N–H and O–H groups in total. The average molecular weight is 442 g/mol. The zero-order valence-electron chi connectivity index (χ0n) is 19.1. The number of nitrogens with zero attached hydrogens (tertiary/aromatic N) is 2. The van der Waals surface area contributed by atoms with Gasteiger partial charge in [-0.15, -0.1) is 11.8 Å². The summed E-state index contributed by atoms with van der Waals surface area (Å²) in [4.78, 5) is 18.2. The molecule has 0 aromatic heterocycles. The number of primary amides is 1. The van der Waals surface area contributed by atoms with Gasteiger partial charge >= 0.3 is 0 Å². The summed E-state index contributed by atoms with van der Waals surface area (Å²) in [5.41, 5.74) is 9.45. The molecule has 3 rings (SSSR count). The van der Waals surface area contributed by atoms with Gasteiger partial charge in [-0.3, -0.25) is 9.69 Å². The van der Waals surface area contributed by atoms with Crippen LogP contribution >= 0.6 is 11.8 Å². The molecule has 31 heavy (non-hydrogen) atoms. The standard InChI is InChI=1S/C25H35N3O2S/c1-5-6-10-21-19(23(26)30)16-22(31-4)24(27-14-12-25(3,17-29)13-15-27)28(21)20-11-8-7-9-18(20)2/h7-11,16,29H,5-6,12-15,17H2,1-4H3,(H2,26,30)/b21-10+. The molecule has 1 aromatic carbocycles. The summed E-state index contributed by atoms with van der Waals surface area (Å²) >= 11 is 1.64. The molecule has 0 bridgehead atoms. The zero-order valence-corrected chi connectivity index (χ0v) is 20.0. The number of aliphatic hydroxyl groups excluding tert-OH is 1. The third-order valence-electron chi connectivity index (χ3n) is 6.34. The van der Waals surface area contributed by atoms with Crippen molar-refractivity contribution in [2.75, 3.05) is 30.9 Å². The molecule has 0 saturated carbocycles. The molecule has 1 amide bonds. The number of aliphatic hydroxyl groups is 1. The topological polar surface area (TPSA) is 69.8 Å². The van der Waals surface area contributed by atoms with Gasteiger partial charge in [0.25, 0.3) is 5.91 Å². The molecule has 1 saturated heterocycles. The first-order valence-electron chi connectivity index (χ1n) is 11.1. The van der Waals surface area contributed by atoms with Gasteiger partial charge in [-0.2, -0.15) is 0 Å². The van der Waals surface area contributed by atoms with E-state index in [-0.39, 0.29) is 12.0 Å². The lowest BCUT2D eigenvalue weighted by Gasteiger charge is -2.46. The van der Waals surface area contributed by atoms with Crippen molar-refractivity contribution in [3.05, 3.63) is 64.0 Å². The third kappa shape index (κ3) is 4.85. The molecular formula is C25H35N3O2S. The minimum absolute atomic E-state index is 0.0339. The molecule has 0 aliphatic carbocycles. The average Bonchev–Trinajstić information content (AvgIpc) is 2.77. The van der Waals surface area contributed by atoms with Crippen LogP contribution in [0.15, 0.2) is 58.4 Å². The van der Waals surface area contributed by atoms with E-state index in [0.29, 0.717) is 5.57 Å². The Kier molecular flexibility index (Phi) is 7.55. The van der Waals surface area contributed by atoms with Crippen molar-refractivity contribution in [2.24, 2.45) is 11.1 Å². The molecule has 1 aromatic rings. The number of aryl methyl sites for hydroxylation is 1. The number of anilines is 1. The summed E-state index contributed by atoms with van der Waals surface area (Å²) in [7, 11) is 0. The fourth-order valence-electron chi connectivity index (χ4n) is 4.22. The highest BCUT2D eigenvalue weighted by Crippen LogP contribution is 2.42. The van der Waals surface area contributed by atoms with Crippen LogP contribution in [-0.4, -0.2) is 41.9 Å². The summed E-state index contributed by atoms with van der Waals surface area (Å²) in [5.74, 6) is 0.701. The number of carbonyl (C=O) groups is 1. The van der Waals surface area contributed by atoms with Gasteiger partial charge in [-0.05, 0) is 55.6 Å². The number of piperidine rings is 1. The van der Waals surface area contributed by atoms with Crippen molar-refractivity contribution in [3.63, 3.8) is 0 Å². The molecule has 0 unspecified atom stereocenters. The molecule has 168 valence electrons. The van der Waals surface area contributed by atoms with E-state index in [9.17, 15) is 9.90 Å². The number of carbonyl (C=O) groups excluding carboxylic acids is 1. The Labute approximate surface area is 190 Å². The van der Waals surface area contributed by atoms with Crippen LogP contribution in [0.2, 0.25) is 0 Å². The Bertz CT molecular complexity index is 911. The maximum absolute atomic E-state index is 12.5. The number of hydrogen-bond donors (Lipinski definition) is 2. The monoisotopic (exact) mass is 441 g/mol. The van der Waals surface area contributed by atoms with E-state index in [1.54, 1.807) is 11.8 Å². The Morgan fingerprint density at radius 1 is 1.29 bits per heavy atom. The second-order valence-corrected chi connectivity index (χ2v) is 9.62. The minimum Gasteiger partial charge on any atom is -0.396 e. The number of likely N-dealkylation sites (tertiary alicyclic amines) is 1. The number of amides is 1. The number of allylic oxidation sites excluding steroid dienone is 2. The number of rotatable bonds is 7. The maximum Gasteiger partial charge on any atom is 0.250 e. The zero-order chi connectivity index (χ0) is 22.6. The highest BCUT2D eigenvalue weighted by atomic mass is 32.2. The van der Waals surface area contributed by atoms with Gasteiger partial charge in [0.2, 0.25) is 0 Å². The van der Waals surface area contributed by atoms with Crippen molar-refractivity contribution in [1.29, 1.82) is 0 Å². The molecule has 5 nitrogen and oxygen atoms in total. The van der Waals surface area contributed by atoms with E-state index < -0.39 is 5.91 Å². The van der Waals surface area contributed by atoms with Crippen LogP contribution in [0.1, 0.15) is 45.1 Å². The van der Waals surface area contributed by atoms with E-state index >= 15 is 0 Å². The summed E-state index contributed by atoms with van der Waals surface area (Å²) in [5, 5.41) is 9.83. The predicted molar refractivity (Wildman–Crippen MR) is 130 cm³/mol. The summed E-state index contributed by atoms with van der Waals surface area (Å²) < 4.78 is 0.